The normalized spacial score (nSPS) is 12.2. The summed E-state index contributed by atoms with van der Waals surface area (Å²) in [5.74, 6) is 1.76. The number of aromatic nitrogens is 4. The van der Waals surface area contributed by atoms with Crippen LogP contribution in [0, 0.1) is 0 Å². The molecule has 3 heterocycles. The van der Waals surface area contributed by atoms with E-state index in [9.17, 15) is 4.79 Å². The number of hydrogen-bond acceptors (Lipinski definition) is 6. The first-order valence-corrected chi connectivity index (χ1v) is 8.10. The van der Waals surface area contributed by atoms with Gasteiger partial charge in [0.1, 0.15) is 18.1 Å². The fourth-order valence-electron chi connectivity index (χ4n) is 2.49. The Bertz CT molecular complexity index is 890. The molecule has 0 bridgehead atoms. The first-order chi connectivity index (χ1) is 12.8. The largest absolute Gasteiger partial charge is 0.487 e. The molecular weight excluding hydrogens is 338 g/mol. The van der Waals surface area contributed by atoms with E-state index in [1.54, 1.807) is 35.1 Å². The van der Waals surface area contributed by atoms with Gasteiger partial charge in [-0.1, -0.05) is 0 Å². The highest BCUT2D eigenvalue weighted by atomic mass is 16.7. The number of aromatic amines is 1. The molecular formula is C17H17N5O4. The lowest BCUT2D eigenvalue weighted by molar-refractivity contribution is 0.0947. The van der Waals surface area contributed by atoms with Crippen molar-refractivity contribution in [1.82, 2.24) is 25.3 Å². The molecule has 2 aromatic heterocycles. The van der Waals surface area contributed by atoms with Crippen LogP contribution in [-0.4, -0.2) is 39.2 Å². The second kappa shape index (κ2) is 7.18. The maximum Gasteiger partial charge on any atom is 0.271 e. The molecule has 134 valence electrons. The summed E-state index contributed by atoms with van der Waals surface area (Å²) in [6.45, 7) is 1.55. The average Bonchev–Trinajstić information content (AvgIpc) is 3.40. The molecule has 2 N–H and O–H groups in total. The molecule has 3 aromatic rings. The Morgan fingerprint density at radius 3 is 3.12 bits per heavy atom. The average molecular weight is 355 g/mol. The number of nitrogens with one attached hydrogen (secondary N) is 2. The number of ether oxygens (including phenoxy) is 3. The minimum Gasteiger partial charge on any atom is -0.487 e. The molecule has 0 radical (unpaired) electrons. The van der Waals surface area contributed by atoms with Gasteiger partial charge >= 0.3 is 0 Å². The number of carbonyl (C=O) groups is 1. The van der Waals surface area contributed by atoms with Gasteiger partial charge in [-0.3, -0.25) is 14.6 Å². The van der Waals surface area contributed by atoms with Crippen LogP contribution >= 0.6 is 0 Å². The van der Waals surface area contributed by atoms with Gasteiger partial charge in [0.25, 0.3) is 5.91 Å². The topological polar surface area (TPSA) is 103 Å². The first kappa shape index (κ1) is 16.0. The maximum atomic E-state index is 12.1. The van der Waals surface area contributed by atoms with Gasteiger partial charge in [-0.15, -0.1) is 0 Å². The van der Waals surface area contributed by atoms with Crippen molar-refractivity contribution in [2.75, 3.05) is 13.3 Å². The van der Waals surface area contributed by atoms with Gasteiger partial charge in [-0.25, -0.2) is 0 Å². The molecule has 0 saturated heterocycles. The molecule has 1 aliphatic heterocycles. The molecule has 1 aromatic carbocycles. The summed E-state index contributed by atoms with van der Waals surface area (Å²) >= 11 is 0. The van der Waals surface area contributed by atoms with Gasteiger partial charge in [-0.05, 0) is 24.3 Å². The number of carbonyl (C=O) groups excluding carboxylic acids is 1. The third-order valence-electron chi connectivity index (χ3n) is 3.79. The molecule has 0 saturated carbocycles. The van der Waals surface area contributed by atoms with Crippen molar-refractivity contribution >= 4 is 5.91 Å². The van der Waals surface area contributed by atoms with E-state index in [1.165, 1.54) is 0 Å². The lowest BCUT2D eigenvalue weighted by Crippen LogP contribution is -2.27. The molecule has 4 rings (SSSR count). The number of H-pyrrole nitrogens is 1. The molecule has 1 aliphatic rings. The van der Waals surface area contributed by atoms with E-state index < -0.39 is 0 Å². The summed E-state index contributed by atoms with van der Waals surface area (Å²) in [7, 11) is 0. The summed E-state index contributed by atoms with van der Waals surface area (Å²) < 4.78 is 18.0. The third kappa shape index (κ3) is 3.61. The third-order valence-corrected chi connectivity index (χ3v) is 3.79. The molecule has 9 nitrogen and oxygen atoms in total. The van der Waals surface area contributed by atoms with Gasteiger partial charge in [0.2, 0.25) is 6.79 Å². The fourth-order valence-corrected chi connectivity index (χ4v) is 2.49. The highest BCUT2D eigenvalue weighted by Crippen LogP contribution is 2.35. The standard InChI is InChI=1S/C17H17N5O4/c23-17(18-5-7-22-6-1-4-19-22)14-8-12(20-21-14)10-24-13-2-3-15-16(9-13)26-11-25-15/h1-4,6,8-9H,5,7,10-11H2,(H,18,23)(H,20,21). The van der Waals surface area contributed by atoms with Gasteiger partial charge in [-0.2, -0.15) is 10.2 Å². The molecule has 0 aliphatic carbocycles. The van der Waals surface area contributed by atoms with E-state index in [0.717, 1.165) is 0 Å². The zero-order chi connectivity index (χ0) is 17.8. The van der Waals surface area contributed by atoms with Crippen molar-refractivity contribution in [3.05, 3.63) is 54.1 Å². The number of hydrogen-bond donors (Lipinski definition) is 2. The van der Waals surface area contributed by atoms with E-state index >= 15 is 0 Å². The van der Waals surface area contributed by atoms with Crippen LogP contribution < -0.4 is 19.5 Å². The van der Waals surface area contributed by atoms with Crippen LogP contribution in [0.15, 0.2) is 42.7 Å². The molecule has 1 amide bonds. The predicted molar refractivity (Wildman–Crippen MR) is 90.0 cm³/mol. The maximum absolute atomic E-state index is 12.1. The Hall–Kier alpha value is -3.49. The van der Waals surface area contributed by atoms with E-state index in [0.29, 0.717) is 41.7 Å². The minimum atomic E-state index is -0.247. The van der Waals surface area contributed by atoms with Crippen LogP contribution in [0.5, 0.6) is 17.2 Å². The second-order valence-corrected chi connectivity index (χ2v) is 5.61. The summed E-state index contributed by atoms with van der Waals surface area (Å²) in [4.78, 5) is 12.1. The van der Waals surface area contributed by atoms with Crippen LogP contribution in [0.3, 0.4) is 0 Å². The Labute approximate surface area is 148 Å². The Morgan fingerprint density at radius 2 is 2.23 bits per heavy atom. The molecule has 0 atom stereocenters. The quantitative estimate of drug-likeness (QED) is 0.663. The molecule has 9 heteroatoms. The van der Waals surface area contributed by atoms with Crippen molar-refractivity contribution in [2.45, 2.75) is 13.2 Å². The number of amides is 1. The van der Waals surface area contributed by atoms with Crippen LogP contribution in [0.25, 0.3) is 0 Å². The lowest BCUT2D eigenvalue weighted by Gasteiger charge is -2.05. The van der Waals surface area contributed by atoms with Gasteiger partial charge in [0, 0.05) is 25.0 Å². The van der Waals surface area contributed by atoms with E-state index in [4.69, 9.17) is 14.2 Å². The van der Waals surface area contributed by atoms with Gasteiger partial charge in [0.15, 0.2) is 11.5 Å². The summed E-state index contributed by atoms with van der Waals surface area (Å²) in [5.41, 5.74) is 1.01. The highest BCUT2D eigenvalue weighted by molar-refractivity contribution is 5.92. The Kier molecular flexibility index (Phi) is 4.42. The SMILES string of the molecule is O=C(NCCn1cccn1)c1cc(COc2ccc3c(c2)OCO3)[nH]n1. The minimum absolute atomic E-state index is 0.220. The van der Waals surface area contributed by atoms with Crippen molar-refractivity contribution < 1.29 is 19.0 Å². The van der Waals surface area contributed by atoms with Crippen LogP contribution in [-0.2, 0) is 13.2 Å². The molecule has 0 spiro atoms. The monoisotopic (exact) mass is 355 g/mol. The van der Waals surface area contributed by atoms with Crippen LogP contribution in [0.2, 0.25) is 0 Å². The molecule has 0 unspecified atom stereocenters. The van der Waals surface area contributed by atoms with Crippen molar-refractivity contribution in [3.8, 4) is 17.2 Å². The molecule has 26 heavy (non-hydrogen) atoms. The van der Waals surface area contributed by atoms with E-state index in [1.807, 2.05) is 12.3 Å². The number of fused-ring (bicyclic) bond motifs is 1. The van der Waals surface area contributed by atoms with E-state index in [-0.39, 0.29) is 19.3 Å². The van der Waals surface area contributed by atoms with Crippen molar-refractivity contribution in [2.24, 2.45) is 0 Å². The number of benzene rings is 1. The van der Waals surface area contributed by atoms with Crippen molar-refractivity contribution in [3.63, 3.8) is 0 Å². The first-order valence-electron chi connectivity index (χ1n) is 8.10. The van der Waals surface area contributed by atoms with Gasteiger partial charge in [0.05, 0.1) is 12.2 Å². The zero-order valence-electron chi connectivity index (χ0n) is 13.8. The smallest absolute Gasteiger partial charge is 0.271 e. The van der Waals surface area contributed by atoms with E-state index in [2.05, 4.69) is 20.6 Å². The number of nitrogens with zero attached hydrogens (tertiary/aromatic N) is 3. The molecule has 0 fully saturated rings. The lowest BCUT2D eigenvalue weighted by atomic mass is 10.3. The predicted octanol–water partition coefficient (Wildman–Crippen LogP) is 1.34. The van der Waals surface area contributed by atoms with Crippen LogP contribution in [0.4, 0.5) is 0 Å². The summed E-state index contributed by atoms with van der Waals surface area (Å²) in [6.07, 6.45) is 3.54. The van der Waals surface area contributed by atoms with Gasteiger partial charge < -0.3 is 19.5 Å². The number of rotatable bonds is 7. The second-order valence-electron chi connectivity index (χ2n) is 5.61. The Morgan fingerprint density at radius 1 is 1.31 bits per heavy atom. The zero-order valence-corrected chi connectivity index (χ0v) is 13.8. The highest BCUT2D eigenvalue weighted by Gasteiger charge is 2.14. The fraction of sp³-hybridized carbons (Fsp3) is 0.235. The summed E-state index contributed by atoms with van der Waals surface area (Å²) in [5, 5.41) is 13.7. The van der Waals surface area contributed by atoms with Crippen LogP contribution in [0.1, 0.15) is 16.2 Å². The van der Waals surface area contributed by atoms with Crippen molar-refractivity contribution in [1.29, 1.82) is 0 Å². The Balaban J connectivity index is 1.28. The summed E-state index contributed by atoms with van der Waals surface area (Å²) in [6, 6.07) is 8.86.